The van der Waals surface area contributed by atoms with E-state index in [2.05, 4.69) is 0 Å². The summed E-state index contributed by atoms with van der Waals surface area (Å²) in [6, 6.07) is 5.17. The SMILES string of the molecule is CCOc1cc(C(=O)N2CCCC2CSC)ccc1OCC(=O)O. The molecule has 1 aliphatic heterocycles. The average Bonchev–Trinajstić information content (AvgIpc) is 3.01. The second-order valence-electron chi connectivity index (χ2n) is 5.53. The van der Waals surface area contributed by atoms with Crippen LogP contribution in [0.5, 0.6) is 11.5 Å². The molecule has 0 aromatic heterocycles. The zero-order chi connectivity index (χ0) is 17.5. The Morgan fingerprint density at radius 2 is 2.12 bits per heavy atom. The molecule has 1 N–H and O–H groups in total. The third-order valence-corrected chi connectivity index (χ3v) is 4.56. The molecule has 1 fully saturated rings. The average molecular weight is 353 g/mol. The van der Waals surface area contributed by atoms with Gasteiger partial charge in [-0.2, -0.15) is 11.8 Å². The van der Waals surface area contributed by atoms with Gasteiger partial charge in [0.25, 0.3) is 5.91 Å². The van der Waals surface area contributed by atoms with E-state index in [1.807, 2.05) is 18.1 Å². The van der Waals surface area contributed by atoms with Gasteiger partial charge in [-0.25, -0.2) is 4.79 Å². The molecular formula is C17H23NO5S. The number of carbonyl (C=O) groups excluding carboxylic acids is 1. The van der Waals surface area contributed by atoms with Crippen molar-refractivity contribution < 1.29 is 24.2 Å². The highest BCUT2D eigenvalue weighted by molar-refractivity contribution is 7.98. The zero-order valence-corrected chi connectivity index (χ0v) is 14.8. The second-order valence-corrected chi connectivity index (χ2v) is 6.44. The van der Waals surface area contributed by atoms with Crippen LogP contribution in [0.25, 0.3) is 0 Å². The lowest BCUT2D eigenvalue weighted by Crippen LogP contribution is -2.36. The van der Waals surface area contributed by atoms with Gasteiger partial charge in [0.1, 0.15) is 0 Å². The van der Waals surface area contributed by atoms with Gasteiger partial charge in [-0.05, 0) is 44.2 Å². The summed E-state index contributed by atoms with van der Waals surface area (Å²) >= 11 is 1.74. The van der Waals surface area contributed by atoms with Crippen LogP contribution in [0, 0.1) is 0 Å². The molecule has 1 saturated heterocycles. The Morgan fingerprint density at radius 3 is 2.79 bits per heavy atom. The number of hydrogen-bond donors (Lipinski definition) is 1. The minimum absolute atomic E-state index is 0.0164. The minimum Gasteiger partial charge on any atom is -0.490 e. The Labute approximate surface area is 146 Å². The largest absolute Gasteiger partial charge is 0.490 e. The first-order valence-electron chi connectivity index (χ1n) is 7.98. The van der Waals surface area contributed by atoms with E-state index in [-0.39, 0.29) is 11.9 Å². The van der Waals surface area contributed by atoms with Crippen molar-refractivity contribution in [2.75, 3.05) is 31.8 Å². The molecule has 0 aliphatic carbocycles. The first kappa shape index (κ1) is 18.4. The Kier molecular flexibility index (Phi) is 6.78. The summed E-state index contributed by atoms with van der Waals surface area (Å²) in [5.41, 5.74) is 0.536. The Bertz CT molecular complexity index is 592. The number of likely N-dealkylation sites (tertiary alicyclic amines) is 1. The lowest BCUT2D eigenvalue weighted by atomic mass is 10.1. The van der Waals surface area contributed by atoms with Crippen LogP contribution in [0.3, 0.4) is 0 Å². The van der Waals surface area contributed by atoms with Gasteiger partial charge in [-0.15, -0.1) is 0 Å². The molecule has 1 heterocycles. The predicted octanol–water partition coefficient (Wildman–Crippen LogP) is 2.52. The highest BCUT2D eigenvalue weighted by Gasteiger charge is 2.29. The van der Waals surface area contributed by atoms with Gasteiger partial charge >= 0.3 is 5.97 Å². The fourth-order valence-corrected chi connectivity index (χ4v) is 3.53. The van der Waals surface area contributed by atoms with Crippen molar-refractivity contribution in [3.05, 3.63) is 23.8 Å². The molecule has 1 unspecified atom stereocenters. The van der Waals surface area contributed by atoms with Crippen LogP contribution >= 0.6 is 11.8 Å². The molecular weight excluding hydrogens is 330 g/mol. The van der Waals surface area contributed by atoms with Crippen molar-refractivity contribution in [2.45, 2.75) is 25.8 Å². The first-order chi connectivity index (χ1) is 11.6. The minimum atomic E-state index is -1.06. The molecule has 7 heteroatoms. The van der Waals surface area contributed by atoms with Crippen LogP contribution in [0.15, 0.2) is 18.2 Å². The number of nitrogens with zero attached hydrogens (tertiary/aromatic N) is 1. The number of ether oxygens (including phenoxy) is 2. The fraction of sp³-hybridized carbons (Fsp3) is 0.529. The normalized spacial score (nSPS) is 16.9. The maximum atomic E-state index is 12.8. The second kappa shape index (κ2) is 8.82. The fourth-order valence-electron chi connectivity index (χ4n) is 2.80. The smallest absolute Gasteiger partial charge is 0.341 e. The summed E-state index contributed by atoms with van der Waals surface area (Å²) in [4.78, 5) is 25.4. The third kappa shape index (κ3) is 4.56. The number of rotatable bonds is 8. The van der Waals surface area contributed by atoms with E-state index < -0.39 is 12.6 Å². The number of benzene rings is 1. The quantitative estimate of drug-likeness (QED) is 0.774. The summed E-state index contributed by atoms with van der Waals surface area (Å²) < 4.78 is 10.7. The highest BCUT2D eigenvalue weighted by atomic mass is 32.2. The summed E-state index contributed by atoms with van der Waals surface area (Å²) in [5, 5.41) is 8.73. The summed E-state index contributed by atoms with van der Waals surface area (Å²) in [5.74, 6) is 0.583. The molecule has 2 rings (SSSR count). The number of aliphatic carboxylic acids is 1. The van der Waals surface area contributed by atoms with E-state index >= 15 is 0 Å². The molecule has 1 aliphatic rings. The molecule has 6 nitrogen and oxygen atoms in total. The van der Waals surface area contributed by atoms with E-state index in [0.717, 1.165) is 25.1 Å². The number of carboxylic acids is 1. The van der Waals surface area contributed by atoms with Crippen molar-refractivity contribution in [3.8, 4) is 11.5 Å². The van der Waals surface area contributed by atoms with Gasteiger partial charge in [0.15, 0.2) is 18.1 Å². The van der Waals surface area contributed by atoms with Gasteiger partial charge in [0, 0.05) is 23.9 Å². The highest BCUT2D eigenvalue weighted by Crippen LogP contribution is 2.30. The van der Waals surface area contributed by atoms with E-state index in [9.17, 15) is 9.59 Å². The molecule has 0 bridgehead atoms. The van der Waals surface area contributed by atoms with E-state index in [0.29, 0.717) is 23.7 Å². The Hall–Kier alpha value is -1.89. The third-order valence-electron chi connectivity index (χ3n) is 3.84. The summed E-state index contributed by atoms with van der Waals surface area (Å²) in [6.45, 7) is 2.55. The molecule has 0 spiro atoms. The van der Waals surface area contributed by atoms with Crippen LogP contribution in [0.2, 0.25) is 0 Å². The van der Waals surface area contributed by atoms with Crippen LogP contribution < -0.4 is 9.47 Å². The van der Waals surface area contributed by atoms with Crippen LogP contribution in [0.1, 0.15) is 30.1 Å². The van der Waals surface area contributed by atoms with Crippen LogP contribution in [-0.2, 0) is 4.79 Å². The van der Waals surface area contributed by atoms with E-state index in [1.54, 1.807) is 30.0 Å². The van der Waals surface area contributed by atoms with Gasteiger partial charge in [-0.3, -0.25) is 4.79 Å². The van der Waals surface area contributed by atoms with Crippen molar-refractivity contribution in [1.82, 2.24) is 4.90 Å². The number of hydrogen-bond acceptors (Lipinski definition) is 5. The van der Waals surface area contributed by atoms with Crippen molar-refractivity contribution >= 4 is 23.6 Å². The maximum absolute atomic E-state index is 12.8. The molecule has 0 saturated carbocycles. The lowest BCUT2D eigenvalue weighted by molar-refractivity contribution is -0.139. The van der Waals surface area contributed by atoms with Crippen LogP contribution in [0.4, 0.5) is 0 Å². The number of carbonyl (C=O) groups is 2. The number of thioether (sulfide) groups is 1. The molecule has 0 radical (unpaired) electrons. The lowest BCUT2D eigenvalue weighted by Gasteiger charge is -2.24. The van der Waals surface area contributed by atoms with Gasteiger partial charge in [-0.1, -0.05) is 0 Å². The molecule has 132 valence electrons. The molecule has 1 aromatic rings. The van der Waals surface area contributed by atoms with Crippen molar-refractivity contribution in [3.63, 3.8) is 0 Å². The van der Waals surface area contributed by atoms with Gasteiger partial charge in [0.2, 0.25) is 0 Å². The van der Waals surface area contributed by atoms with E-state index in [4.69, 9.17) is 14.6 Å². The van der Waals surface area contributed by atoms with Gasteiger partial charge < -0.3 is 19.5 Å². The monoisotopic (exact) mass is 353 g/mol. The molecule has 1 amide bonds. The standard InChI is InChI=1S/C17H23NO5S/c1-3-22-15-9-12(6-7-14(15)23-10-16(19)20)17(21)18-8-4-5-13(18)11-24-2/h6-7,9,13H,3-5,8,10-11H2,1-2H3,(H,19,20). The zero-order valence-electron chi connectivity index (χ0n) is 14.0. The summed E-state index contributed by atoms with van der Waals surface area (Å²) in [6.07, 6.45) is 4.10. The topological polar surface area (TPSA) is 76.1 Å². The van der Waals surface area contributed by atoms with Gasteiger partial charge in [0.05, 0.1) is 6.61 Å². The van der Waals surface area contributed by atoms with Crippen molar-refractivity contribution in [2.24, 2.45) is 0 Å². The maximum Gasteiger partial charge on any atom is 0.341 e. The molecule has 24 heavy (non-hydrogen) atoms. The predicted molar refractivity (Wildman–Crippen MR) is 93.2 cm³/mol. The number of carboxylic acid groups (broad SMARTS) is 1. The molecule has 1 atom stereocenters. The van der Waals surface area contributed by atoms with Crippen molar-refractivity contribution in [1.29, 1.82) is 0 Å². The van der Waals surface area contributed by atoms with Crippen LogP contribution in [-0.4, -0.2) is 59.7 Å². The summed E-state index contributed by atoms with van der Waals surface area (Å²) in [7, 11) is 0. The Balaban J connectivity index is 2.18. The van der Waals surface area contributed by atoms with E-state index in [1.165, 1.54) is 0 Å². The first-order valence-corrected chi connectivity index (χ1v) is 9.37. The molecule has 1 aromatic carbocycles. The Morgan fingerprint density at radius 1 is 1.33 bits per heavy atom. The number of amides is 1.